The summed E-state index contributed by atoms with van der Waals surface area (Å²) in [5.74, 6) is 0.0133. The first-order chi connectivity index (χ1) is 28.6. The highest BCUT2D eigenvalue weighted by molar-refractivity contribution is 5.71. The van der Waals surface area contributed by atoms with Gasteiger partial charge < -0.3 is 19.7 Å². The standard InChI is InChI=1S/C53H88O6/c1-5-7-9-11-13-15-17-19-21-23-25-27-29-31-47(45-33-37-49(54)38-34-45)41-51(56)58-43-53(3,4)44-59-52(57)42-48(46-35-39-50(55)40-36-46)32-30-28-26-24-22-20-18-16-14-12-10-8-6-2/h33-40,47-48,54-55H,5-32,41-44H2,1-4H3. The summed E-state index contributed by atoms with van der Waals surface area (Å²) in [5.41, 5.74) is 1.57. The molecule has 0 bridgehead atoms. The van der Waals surface area contributed by atoms with E-state index in [1.807, 2.05) is 38.1 Å². The first kappa shape index (κ1) is 52.1. The van der Waals surface area contributed by atoms with Crippen LogP contribution < -0.4 is 0 Å². The second-order valence-electron chi connectivity index (χ2n) is 18.5. The van der Waals surface area contributed by atoms with Crippen molar-refractivity contribution < 1.29 is 29.3 Å². The lowest BCUT2D eigenvalue weighted by Gasteiger charge is -2.25. The molecule has 0 aliphatic carbocycles. The maximum Gasteiger partial charge on any atom is 0.306 e. The Kier molecular flexibility index (Phi) is 29.7. The van der Waals surface area contributed by atoms with Gasteiger partial charge in [-0.05, 0) is 60.1 Å². The van der Waals surface area contributed by atoms with Crippen LogP contribution in [0.5, 0.6) is 11.5 Å². The van der Waals surface area contributed by atoms with Crippen LogP contribution in [0.3, 0.4) is 0 Å². The first-order valence-electron chi connectivity index (χ1n) is 24.5. The molecule has 0 aliphatic rings. The first-order valence-corrected chi connectivity index (χ1v) is 24.5. The third-order valence-electron chi connectivity index (χ3n) is 12.1. The summed E-state index contributed by atoms with van der Waals surface area (Å²) in [7, 11) is 0. The molecule has 0 aromatic heterocycles. The van der Waals surface area contributed by atoms with Crippen molar-refractivity contribution >= 4 is 11.9 Å². The lowest BCUT2D eigenvalue weighted by Crippen LogP contribution is -2.29. The van der Waals surface area contributed by atoms with Gasteiger partial charge in [-0.2, -0.15) is 0 Å². The van der Waals surface area contributed by atoms with Crippen molar-refractivity contribution in [2.45, 2.75) is 232 Å². The quantitative estimate of drug-likeness (QED) is 0.0518. The zero-order chi connectivity index (χ0) is 42.8. The molecule has 0 fully saturated rings. The Morgan fingerprint density at radius 1 is 0.441 bits per heavy atom. The molecule has 336 valence electrons. The van der Waals surface area contributed by atoms with Crippen LogP contribution in [0.25, 0.3) is 0 Å². The van der Waals surface area contributed by atoms with E-state index < -0.39 is 5.41 Å². The Bertz CT molecular complexity index is 1200. The van der Waals surface area contributed by atoms with Gasteiger partial charge in [0.1, 0.15) is 11.5 Å². The van der Waals surface area contributed by atoms with Crippen LogP contribution in [0, 0.1) is 5.41 Å². The molecule has 2 atom stereocenters. The highest BCUT2D eigenvalue weighted by Gasteiger charge is 2.26. The van der Waals surface area contributed by atoms with Gasteiger partial charge in [-0.3, -0.25) is 9.59 Å². The molecule has 0 spiro atoms. The highest BCUT2D eigenvalue weighted by Crippen LogP contribution is 2.31. The van der Waals surface area contributed by atoms with Gasteiger partial charge >= 0.3 is 11.9 Å². The molecule has 0 heterocycles. The van der Waals surface area contributed by atoms with Gasteiger partial charge in [-0.15, -0.1) is 0 Å². The monoisotopic (exact) mass is 821 g/mol. The largest absolute Gasteiger partial charge is 0.508 e. The smallest absolute Gasteiger partial charge is 0.306 e. The zero-order valence-electron chi connectivity index (χ0n) is 38.4. The Morgan fingerprint density at radius 2 is 0.695 bits per heavy atom. The van der Waals surface area contributed by atoms with Crippen LogP contribution in [-0.4, -0.2) is 35.4 Å². The average molecular weight is 821 g/mol. The van der Waals surface area contributed by atoms with Gasteiger partial charge in [0.15, 0.2) is 0 Å². The number of unbranched alkanes of at least 4 members (excludes halogenated alkanes) is 24. The second-order valence-corrected chi connectivity index (χ2v) is 18.5. The zero-order valence-corrected chi connectivity index (χ0v) is 38.4. The van der Waals surface area contributed by atoms with Crippen molar-refractivity contribution in [1.29, 1.82) is 0 Å². The number of carbonyl (C=O) groups is 2. The Morgan fingerprint density at radius 3 is 0.966 bits per heavy atom. The molecule has 2 rings (SSSR count). The SMILES string of the molecule is CCCCCCCCCCCCCCCC(CC(=O)OCC(C)(C)COC(=O)CC(CCCCCCCCCCCCCCC)c1ccc(O)cc1)c1ccc(O)cc1. The predicted molar refractivity (Wildman–Crippen MR) is 247 cm³/mol. The summed E-state index contributed by atoms with van der Waals surface area (Å²) in [6.45, 7) is 8.80. The van der Waals surface area contributed by atoms with Crippen LogP contribution in [0.1, 0.15) is 243 Å². The molecule has 0 saturated heterocycles. The Hall–Kier alpha value is -3.02. The van der Waals surface area contributed by atoms with Crippen LogP contribution in [0.15, 0.2) is 48.5 Å². The predicted octanol–water partition coefficient (Wildman–Crippen LogP) is 15.8. The lowest BCUT2D eigenvalue weighted by molar-refractivity contribution is -0.153. The number of hydrogen-bond acceptors (Lipinski definition) is 6. The minimum atomic E-state index is -0.530. The second kappa shape index (κ2) is 33.7. The van der Waals surface area contributed by atoms with Crippen molar-refractivity contribution in [3.05, 3.63) is 59.7 Å². The number of carbonyl (C=O) groups excluding carboxylic acids is 2. The Balaban J connectivity index is 1.73. The molecule has 6 nitrogen and oxygen atoms in total. The molecular formula is C53H88O6. The highest BCUT2D eigenvalue weighted by atomic mass is 16.5. The van der Waals surface area contributed by atoms with E-state index in [4.69, 9.17) is 9.47 Å². The summed E-state index contributed by atoms with van der Waals surface area (Å²) in [6, 6.07) is 14.5. The van der Waals surface area contributed by atoms with Crippen LogP contribution in [0.2, 0.25) is 0 Å². The number of phenols is 2. The molecule has 2 N–H and O–H groups in total. The van der Waals surface area contributed by atoms with Gasteiger partial charge in [0, 0.05) is 5.41 Å². The summed E-state index contributed by atoms with van der Waals surface area (Å²) >= 11 is 0. The number of ether oxygens (including phenoxy) is 2. The van der Waals surface area contributed by atoms with E-state index in [1.54, 1.807) is 24.3 Å². The van der Waals surface area contributed by atoms with Crippen molar-refractivity contribution in [3.8, 4) is 11.5 Å². The van der Waals surface area contributed by atoms with E-state index in [-0.39, 0.29) is 61.3 Å². The molecule has 6 heteroatoms. The number of hydrogen-bond donors (Lipinski definition) is 2. The topological polar surface area (TPSA) is 93.1 Å². The van der Waals surface area contributed by atoms with E-state index in [9.17, 15) is 19.8 Å². The Labute approximate surface area is 362 Å². The molecule has 2 aromatic rings. The molecule has 0 radical (unpaired) electrons. The fourth-order valence-corrected chi connectivity index (χ4v) is 8.20. The van der Waals surface area contributed by atoms with Crippen molar-refractivity contribution in [3.63, 3.8) is 0 Å². The molecule has 2 unspecified atom stereocenters. The van der Waals surface area contributed by atoms with Crippen molar-refractivity contribution in [2.75, 3.05) is 13.2 Å². The maximum atomic E-state index is 13.2. The maximum absolute atomic E-state index is 13.2. The van der Waals surface area contributed by atoms with Gasteiger partial charge in [0.05, 0.1) is 26.1 Å². The minimum Gasteiger partial charge on any atom is -0.508 e. The molecule has 2 aromatic carbocycles. The van der Waals surface area contributed by atoms with Gasteiger partial charge in [0.25, 0.3) is 0 Å². The summed E-state index contributed by atoms with van der Waals surface area (Å²) in [4.78, 5) is 26.4. The van der Waals surface area contributed by atoms with Gasteiger partial charge in [-0.25, -0.2) is 0 Å². The molecule has 0 aliphatic heterocycles. The van der Waals surface area contributed by atoms with Gasteiger partial charge in [0.2, 0.25) is 0 Å². The van der Waals surface area contributed by atoms with E-state index in [1.165, 1.54) is 141 Å². The molecule has 0 amide bonds. The van der Waals surface area contributed by atoms with Crippen molar-refractivity contribution in [2.24, 2.45) is 5.41 Å². The third-order valence-corrected chi connectivity index (χ3v) is 12.1. The number of rotatable bonds is 38. The van der Waals surface area contributed by atoms with Crippen LogP contribution >= 0.6 is 0 Å². The van der Waals surface area contributed by atoms with Crippen LogP contribution in [-0.2, 0) is 19.1 Å². The van der Waals surface area contributed by atoms with Gasteiger partial charge in [-0.1, -0.05) is 219 Å². The van der Waals surface area contributed by atoms with Crippen LogP contribution in [0.4, 0.5) is 0 Å². The van der Waals surface area contributed by atoms with E-state index in [0.29, 0.717) is 0 Å². The average Bonchev–Trinajstić information content (AvgIpc) is 3.22. The van der Waals surface area contributed by atoms with E-state index >= 15 is 0 Å². The molecule has 0 saturated carbocycles. The third kappa shape index (κ3) is 27.4. The van der Waals surface area contributed by atoms with E-state index in [2.05, 4.69) is 13.8 Å². The number of aromatic hydroxyl groups is 2. The fourth-order valence-electron chi connectivity index (χ4n) is 8.20. The molecular weight excluding hydrogens is 733 g/mol. The summed E-state index contributed by atoms with van der Waals surface area (Å²) in [6.07, 6.45) is 36.3. The lowest BCUT2D eigenvalue weighted by atomic mass is 9.89. The minimum absolute atomic E-state index is 0.0310. The number of benzene rings is 2. The van der Waals surface area contributed by atoms with E-state index in [0.717, 1.165) is 49.7 Å². The summed E-state index contributed by atoms with van der Waals surface area (Å²) in [5, 5.41) is 19.8. The normalized spacial score (nSPS) is 12.7. The number of phenolic OH excluding ortho intramolecular Hbond substituents is 2. The fraction of sp³-hybridized carbons (Fsp3) is 0.736. The summed E-state index contributed by atoms with van der Waals surface area (Å²) < 4.78 is 11.6. The molecule has 59 heavy (non-hydrogen) atoms. The number of esters is 2. The van der Waals surface area contributed by atoms with Crippen molar-refractivity contribution in [1.82, 2.24) is 0 Å².